The normalized spacial score (nSPS) is 11.6. The van der Waals surface area contributed by atoms with Gasteiger partial charge in [0.05, 0.1) is 22.8 Å². The molecule has 0 unspecified atom stereocenters. The summed E-state index contributed by atoms with van der Waals surface area (Å²) in [5, 5.41) is 14.9. The lowest BCUT2D eigenvalue weighted by Crippen LogP contribution is -1.97. The van der Waals surface area contributed by atoms with Crippen molar-refractivity contribution in [2.24, 2.45) is 0 Å². The zero-order chi connectivity index (χ0) is 59.5. The van der Waals surface area contributed by atoms with Gasteiger partial charge in [0.25, 0.3) is 0 Å². The molecule has 3 heteroatoms. The number of rotatable bonds is 10. The minimum Gasteiger partial charge on any atom is -0.248 e. The molecule has 2 aromatic heterocycles. The van der Waals surface area contributed by atoms with Crippen LogP contribution >= 0.6 is 0 Å². The highest BCUT2D eigenvalue weighted by Gasteiger charge is 2.19. The van der Waals surface area contributed by atoms with Crippen LogP contribution in [-0.2, 0) is 0 Å². The first-order chi connectivity index (χ1) is 44.6. The topological polar surface area (TPSA) is 38.7 Å². The lowest BCUT2D eigenvalue weighted by molar-refractivity contribution is 1.18. The summed E-state index contributed by atoms with van der Waals surface area (Å²) < 4.78 is 0. The Morgan fingerprint density at radius 3 is 0.900 bits per heavy atom. The van der Waals surface area contributed by atoms with Gasteiger partial charge in [-0.05, 0) is 175 Å². The van der Waals surface area contributed by atoms with Gasteiger partial charge in [0.2, 0.25) is 0 Å². The molecule has 0 aliphatic heterocycles. The van der Waals surface area contributed by atoms with Crippen LogP contribution in [0.4, 0.5) is 0 Å². The van der Waals surface area contributed by atoms with Crippen molar-refractivity contribution < 1.29 is 0 Å². The van der Waals surface area contributed by atoms with Gasteiger partial charge in [-0.2, -0.15) is 0 Å². The Bertz CT molecular complexity index is 5540. The maximum atomic E-state index is 5.37. The van der Waals surface area contributed by atoms with Crippen molar-refractivity contribution in [1.29, 1.82) is 0 Å². The van der Waals surface area contributed by atoms with E-state index in [1.807, 2.05) is 6.07 Å². The van der Waals surface area contributed by atoms with E-state index < -0.39 is 0 Å². The summed E-state index contributed by atoms with van der Waals surface area (Å²) in [6.07, 6.45) is 0. The molecule has 2 heterocycles. The van der Waals surface area contributed by atoms with Crippen molar-refractivity contribution in [3.05, 3.63) is 334 Å². The molecule has 0 spiro atoms. The molecule has 0 N–H and O–H groups in total. The number of benzene rings is 15. The SMILES string of the molecule is c1ccc(-c2cc(-c3cccc(-c4cccc(-c5ccc6c7ccc(-c8cccc(-c9cc(-c%10ccccc%10-c%10ccc%11c%12ccccc%12c%12ccccc%12c%11c%10)nc(-c%10ccccc%10)n9)c8)cc7c7ccccc7c6c5)c4)c3)cc(-c3ccccc3)n2)cc1. The molecular formula is C87H55N3. The van der Waals surface area contributed by atoms with Crippen molar-refractivity contribution in [3.63, 3.8) is 0 Å². The average molecular weight is 1140 g/mol. The maximum absolute atomic E-state index is 5.37. The number of hydrogen-bond acceptors (Lipinski definition) is 3. The predicted molar refractivity (Wildman–Crippen MR) is 379 cm³/mol. The van der Waals surface area contributed by atoms with Gasteiger partial charge in [-0.3, -0.25) is 0 Å². The zero-order valence-electron chi connectivity index (χ0n) is 49.1. The lowest BCUT2D eigenvalue weighted by Gasteiger charge is -2.15. The second kappa shape index (κ2) is 22.1. The van der Waals surface area contributed by atoms with Gasteiger partial charge >= 0.3 is 0 Å². The van der Waals surface area contributed by atoms with Crippen LogP contribution in [0.1, 0.15) is 0 Å². The van der Waals surface area contributed by atoms with Gasteiger partial charge in [-0.1, -0.05) is 279 Å². The highest BCUT2D eigenvalue weighted by molar-refractivity contribution is 6.27. The van der Waals surface area contributed by atoms with E-state index in [-0.39, 0.29) is 0 Å². The monoisotopic (exact) mass is 1140 g/mol. The Morgan fingerprint density at radius 1 is 0.133 bits per heavy atom. The molecule has 0 radical (unpaired) electrons. The molecule has 0 atom stereocenters. The summed E-state index contributed by atoms with van der Waals surface area (Å²) in [6, 6.07) is 121. The molecule has 15 aromatic carbocycles. The Balaban J connectivity index is 0.719. The van der Waals surface area contributed by atoms with Gasteiger partial charge in [0.15, 0.2) is 5.82 Å². The van der Waals surface area contributed by atoms with Crippen LogP contribution in [0.15, 0.2) is 334 Å². The standard InChI is InChI=1S/C87H55N3/c1-4-21-56(22-5-1)83-53-68(54-84(88-83)57-23-6-2-7-24-57)63-31-19-28-60(48-63)59-27-18-29-61(47-59)64-41-44-77-78-45-42-65(51-81(78)75-39-16-15-38-74(75)80(77)50-64)62-30-20-32-67(49-62)85-55-86(90-87(89-85)58-25-8-3-9-26-58)79-40-17-10-33-69(79)66-43-46-76-72-36-12-11-34-70(72)71-35-13-14-37-73(71)82(76)52-66/h1-55H. The summed E-state index contributed by atoms with van der Waals surface area (Å²) in [7, 11) is 0. The van der Waals surface area contributed by atoms with E-state index in [2.05, 4.69) is 328 Å². The van der Waals surface area contributed by atoms with E-state index in [4.69, 9.17) is 15.0 Å². The molecule has 3 nitrogen and oxygen atoms in total. The quantitative estimate of drug-likeness (QED) is 0.128. The second-order valence-electron chi connectivity index (χ2n) is 23.4. The maximum Gasteiger partial charge on any atom is 0.160 e. The highest BCUT2D eigenvalue weighted by Crippen LogP contribution is 2.43. The Kier molecular flexibility index (Phi) is 12.9. The first kappa shape index (κ1) is 52.4. The number of pyridine rings is 1. The predicted octanol–water partition coefficient (Wildman–Crippen LogP) is 23.5. The van der Waals surface area contributed by atoms with Gasteiger partial charge < -0.3 is 0 Å². The Morgan fingerprint density at radius 2 is 0.433 bits per heavy atom. The smallest absolute Gasteiger partial charge is 0.160 e. The van der Waals surface area contributed by atoms with Crippen LogP contribution in [0.25, 0.3) is 177 Å². The molecule has 0 saturated heterocycles. The molecule has 0 aliphatic rings. The molecular weight excluding hydrogens is 1090 g/mol. The van der Waals surface area contributed by atoms with E-state index in [1.54, 1.807) is 0 Å². The van der Waals surface area contributed by atoms with Crippen LogP contribution in [0.3, 0.4) is 0 Å². The number of fused-ring (bicyclic) bond motifs is 12. The van der Waals surface area contributed by atoms with Crippen molar-refractivity contribution in [2.45, 2.75) is 0 Å². The van der Waals surface area contributed by atoms with Crippen molar-refractivity contribution in [3.8, 4) is 112 Å². The summed E-state index contributed by atoms with van der Waals surface area (Å²) in [4.78, 5) is 15.9. The first-order valence-electron chi connectivity index (χ1n) is 30.8. The van der Waals surface area contributed by atoms with Gasteiger partial charge in [-0.25, -0.2) is 15.0 Å². The first-order valence-corrected chi connectivity index (χ1v) is 30.8. The third-order valence-electron chi connectivity index (χ3n) is 18.0. The second-order valence-corrected chi connectivity index (χ2v) is 23.4. The minimum atomic E-state index is 0.682. The van der Waals surface area contributed by atoms with Crippen molar-refractivity contribution in [2.75, 3.05) is 0 Å². The molecule has 0 bridgehead atoms. The van der Waals surface area contributed by atoms with Crippen LogP contribution < -0.4 is 0 Å². The van der Waals surface area contributed by atoms with E-state index in [0.29, 0.717) is 5.82 Å². The summed E-state index contributed by atoms with van der Waals surface area (Å²) >= 11 is 0. The Labute approximate surface area is 522 Å². The van der Waals surface area contributed by atoms with Crippen LogP contribution in [0.2, 0.25) is 0 Å². The molecule has 17 aromatic rings. The van der Waals surface area contributed by atoms with Gasteiger partial charge in [0.1, 0.15) is 0 Å². The van der Waals surface area contributed by atoms with E-state index in [9.17, 15) is 0 Å². The molecule has 90 heavy (non-hydrogen) atoms. The van der Waals surface area contributed by atoms with E-state index in [1.165, 1.54) is 75.8 Å². The molecule has 418 valence electrons. The van der Waals surface area contributed by atoms with Crippen molar-refractivity contribution >= 4 is 64.6 Å². The van der Waals surface area contributed by atoms with Gasteiger partial charge in [0, 0.05) is 27.8 Å². The molecule has 0 amide bonds. The van der Waals surface area contributed by atoms with E-state index >= 15 is 0 Å². The van der Waals surface area contributed by atoms with Crippen LogP contribution in [-0.4, -0.2) is 15.0 Å². The third kappa shape index (κ3) is 9.45. The fraction of sp³-hybridized carbons (Fsp3) is 0. The molecule has 17 rings (SSSR count). The third-order valence-corrected chi connectivity index (χ3v) is 18.0. The summed E-state index contributed by atoms with van der Waals surface area (Å²) in [5.74, 6) is 0.682. The van der Waals surface area contributed by atoms with Crippen LogP contribution in [0, 0.1) is 0 Å². The lowest BCUT2D eigenvalue weighted by atomic mass is 9.89. The van der Waals surface area contributed by atoms with Gasteiger partial charge in [-0.15, -0.1) is 0 Å². The Hall–Kier alpha value is -11.9. The molecule has 0 fully saturated rings. The highest BCUT2D eigenvalue weighted by atomic mass is 14.9. The fourth-order valence-corrected chi connectivity index (χ4v) is 13.6. The summed E-state index contributed by atoms with van der Waals surface area (Å²) in [5.41, 5.74) is 20.3. The van der Waals surface area contributed by atoms with Crippen molar-refractivity contribution in [1.82, 2.24) is 15.0 Å². The molecule has 0 saturated carbocycles. The van der Waals surface area contributed by atoms with Crippen LogP contribution in [0.5, 0.6) is 0 Å². The zero-order valence-corrected chi connectivity index (χ0v) is 49.1. The fourth-order valence-electron chi connectivity index (χ4n) is 13.6. The molecule has 0 aliphatic carbocycles. The number of nitrogens with zero attached hydrogens (tertiary/aromatic N) is 3. The number of aromatic nitrogens is 3. The average Bonchev–Trinajstić information content (AvgIpc) is 0.848. The minimum absolute atomic E-state index is 0.682. The number of hydrogen-bond donors (Lipinski definition) is 0. The summed E-state index contributed by atoms with van der Waals surface area (Å²) in [6.45, 7) is 0. The largest absolute Gasteiger partial charge is 0.248 e. The van der Waals surface area contributed by atoms with E-state index in [0.717, 1.165) is 95.1 Å².